The summed E-state index contributed by atoms with van der Waals surface area (Å²) in [4.78, 5) is 28.1. The molecule has 1 fully saturated rings. The zero-order valence-corrected chi connectivity index (χ0v) is 14.3. The third kappa shape index (κ3) is 4.44. The maximum atomic E-state index is 13.9. The minimum Gasteiger partial charge on any atom is -0.341 e. The van der Waals surface area contributed by atoms with Gasteiger partial charge in [0.2, 0.25) is 5.91 Å². The van der Waals surface area contributed by atoms with Gasteiger partial charge >= 0.3 is 0 Å². The zero-order valence-electron chi connectivity index (χ0n) is 13.5. The molecule has 0 aliphatic carbocycles. The summed E-state index contributed by atoms with van der Waals surface area (Å²) in [5, 5.41) is 0.118. The van der Waals surface area contributed by atoms with Crippen molar-refractivity contribution >= 4 is 23.4 Å². The van der Waals surface area contributed by atoms with Crippen molar-refractivity contribution in [3.8, 4) is 0 Å². The molecule has 0 saturated carbocycles. The van der Waals surface area contributed by atoms with Crippen LogP contribution in [0.4, 0.5) is 4.39 Å². The number of amides is 2. The van der Waals surface area contributed by atoms with Crippen molar-refractivity contribution < 1.29 is 14.0 Å². The highest BCUT2D eigenvalue weighted by Gasteiger charge is 2.26. The van der Waals surface area contributed by atoms with Crippen LogP contribution in [0.5, 0.6) is 0 Å². The molecule has 1 aromatic carbocycles. The zero-order chi connectivity index (χ0) is 17.0. The largest absolute Gasteiger partial charge is 0.341 e. The first-order valence-electron chi connectivity index (χ1n) is 7.91. The molecule has 126 valence electrons. The fourth-order valence-corrected chi connectivity index (χ4v) is 2.95. The summed E-state index contributed by atoms with van der Waals surface area (Å²) in [5.74, 6) is -0.607. The maximum Gasteiger partial charge on any atom is 0.258 e. The fraction of sp³-hybridized carbons (Fsp3) is 0.529. The number of benzene rings is 1. The van der Waals surface area contributed by atoms with Gasteiger partial charge in [0.25, 0.3) is 5.91 Å². The molecule has 1 saturated heterocycles. The van der Waals surface area contributed by atoms with Crippen LogP contribution in [0.25, 0.3) is 0 Å². The lowest BCUT2D eigenvalue weighted by atomic mass is 10.1. The van der Waals surface area contributed by atoms with Gasteiger partial charge in [0.15, 0.2) is 0 Å². The standard InChI is InChI=1S/C17H22ClFN2O2/c1-12(2)11-15(22)20-7-4-8-21(10-9-20)17(23)16-13(18)5-3-6-14(16)19/h3,5-6,12H,4,7-11H2,1-2H3. The van der Waals surface area contributed by atoms with Crippen molar-refractivity contribution in [1.82, 2.24) is 9.80 Å². The van der Waals surface area contributed by atoms with Crippen LogP contribution in [0.15, 0.2) is 18.2 Å². The minimum atomic E-state index is -0.612. The topological polar surface area (TPSA) is 40.6 Å². The van der Waals surface area contributed by atoms with Crippen LogP contribution in [-0.2, 0) is 4.79 Å². The van der Waals surface area contributed by atoms with Gasteiger partial charge in [0.05, 0.1) is 10.6 Å². The molecule has 0 radical (unpaired) electrons. The number of nitrogens with zero attached hydrogens (tertiary/aromatic N) is 2. The van der Waals surface area contributed by atoms with Crippen molar-refractivity contribution in [2.75, 3.05) is 26.2 Å². The lowest BCUT2D eigenvalue weighted by Crippen LogP contribution is -2.38. The monoisotopic (exact) mass is 340 g/mol. The molecule has 0 bridgehead atoms. The molecular weight excluding hydrogens is 319 g/mol. The second kappa shape index (κ2) is 7.77. The van der Waals surface area contributed by atoms with E-state index in [1.807, 2.05) is 13.8 Å². The summed E-state index contributed by atoms with van der Waals surface area (Å²) in [6, 6.07) is 4.22. The third-order valence-electron chi connectivity index (χ3n) is 3.90. The predicted molar refractivity (Wildman–Crippen MR) is 88.0 cm³/mol. The van der Waals surface area contributed by atoms with Gasteiger partial charge in [-0.1, -0.05) is 31.5 Å². The Labute approximate surface area is 141 Å². The van der Waals surface area contributed by atoms with E-state index in [4.69, 9.17) is 11.6 Å². The molecule has 1 aliphatic heterocycles. The molecular formula is C17H22ClFN2O2. The van der Waals surface area contributed by atoms with E-state index in [2.05, 4.69) is 0 Å². The van der Waals surface area contributed by atoms with Gasteiger partial charge in [-0.05, 0) is 24.5 Å². The molecule has 2 rings (SSSR count). The molecule has 0 spiro atoms. The molecule has 1 aromatic rings. The molecule has 4 nitrogen and oxygen atoms in total. The lowest BCUT2D eigenvalue weighted by molar-refractivity contribution is -0.131. The van der Waals surface area contributed by atoms with E-state index in [1.165, 1.54) is 18.2 Å². The molecule has 1 aliphatic rings. The van der Waals surface area contributed by atoms with Gasteiger partial charge in [-0.15, -0.1) is 0 Å². The van der Waals surface area contributed by atoms with Crippen molar-refractivity contribution in [2.45, 2.75) is 26.7 Å². The first-order chi connectivity index (χ1) is 10.9. The van der Waals surface area contributed by atoms with E-state index in [1.54, 1.807) is 9.80 Å². The second-order valence-electron chi connectivity index (χ2n) is 6.22. The number of rotatable bonds is 3. The SMILES string of the molecule is CC(C)CC(=O)N1CCCN(C(=O)c2c(F)cccc2Cl)CC1. The van der Waals surface area contributed by atoms with E-state index in [9.17, 15) is 14.0 Å². The van der Waals surface area contributed by atoms with Gasteiger partial charge in [0, 0.05) is 32.6 Å². The molecule has 0 unspecified atom stereocenters. The van der Waals surface area contributed by atoms with Crippen LogP contribution in [0.3, 0.4) is 0 Å². The van der Waals surface area contributed by atoms with E-state index in [0.29, 0.717) is 44.9 Å². The van der Waals surface area contributed by atoms with E-state index < -0.39 is 11.7 Å². The van der Waals surface area contributed by atoms with E-state index in [-0.39, 0.29) is 16.5 Å². The Morgan fingerprint density at radius 1 is 1.17 bits per heavy atom. The Morgan fingerprint density at radius 3 is 2.48 bits per heavy atom. The summed E-state index contributed by atoms with van der Waals surface area (Å²) in [5.41, 5.74) is -0.0869. The Morgan fingerprint density at radius 2 is 1.83 bits per heavy atom. The first kappa shape index (κ1) is 17.7. The van der Waals surface area contributed by atoms with Gasteiger partial charge in [-0.25, -0.2) is 4.39 Å². The van der Waals surface area contributed by atoms with Crippen LogP contribution in [-0.4, -0.2) is 47.8 Å². The van der Waals surface area contributed by atoms with Crippen molar-refractivity contribution in [2.24, 2.45) is 5.92 Å². The van der Waals surface area contributed by atoms with Crippen LogP contribution in [0.1, 0.15) is 37.0 Å². The lowest BCUT2D eigenvalue weighted by Gasteiger charge is -2.23. The first-order valence-corrected chi connectivity index (χ1v) is 8.29. The quantitative estimate of drug-likeness (QED) is 0.847. The number of carbonyl (C=O) groups is 2. The van der Waals surface area contributed by atoms with Crippen LogP contribution in [0.2, 0.25) is 5.02 Å². The fourth-order valence-electron chi connectivity index (χ4n) is 2.71. The average Bonchev–Trinajstić information content (AvgIpc) is 2.72. The van der Waals surface area contributed by atoms with Gasteiger partial charge in [-0.3, -0.25) is 9.59 Å². The number of hydrogen-bond donors (Lipinski definition) is 0. The number of carbonyl (C=O) groups excluding carboxylic acids is 2. The minimum absolute atomic E-state index is 0.0869. The smallest absolute Gasteiger partial charge is 0.258 e. The Kier molecular flexibility index (Phi) is 5.99. The predicted octanol–water partition coefficient (Wildman–Crippen LogP) is 3.20. The highest BCUT2D eigenvalue weighted by molar-refractivity contribution is 6.33. The van der Waals surface area contributed by atoms with Crippen molar-refractivity contribution in [3.05, 3.63) is 34.6 Å². The van der Waals surface area contributed by atoms with E-state index in [0.717, 1.165) is 0 Å². The van der Waals surface area contributed by atoms with E-state index >= 15 is 0 Å². The van der Waals surface area contributed by atoms with Crippen LogP contribution < -0.4 is 0 Å². The Bertz CT molecular complexity index is 572. The van der Waals surface area contributed by atoms with Crippen LogP contribution in [0, 0.1) is 11.7 Å². The summed E-state index contributed by atoms with van der Waals surface area (Å²) < 4.78 is 13.9. The average molecular weight is 341 g/mol. The maximum absolute atomic E-state index is 13.9. The highest BCUT2D eigenvalue weighted by Crippen LogP contribution is 2.21. The molecule has 0 aromatic heterocycles. The van der Waals surface area contributed by atoms with Gasteiger partial charge < -0.3 is 9.80 Å². The summed E-state index contributed by atoms with van der Waals surface area (Å²) >= 11 is 5.97. The third-order valence-corrected chi connectivity index (χ3v) is 4.21. The molecule has 1 heterocycles. The molecule has 2 amide bonds. The summed E-state index contributed by atoms with van der Waals surface area (Å²) in [7, 11) is 0. The summed E-state index contributed by atoms with van der Waals surface area (Å²) in [6.45, 7) is 6.00. The molecule has 6 heteroatoms. The number of halogens is 2. The molecule has 0 atom stereocenters. The molecule has 0 N–H and O–H groups in total. The van der Waals surface area contributed by atoms with Crippen molar-refractivity contribution in [3.63, 3.8) is 0 Å². The van der Waals surface area contributed by atoms with Crippen LogP contribution >= 0.6 is 11.6 Å². The summed E-state index contributed by atoms with van der Waals surface area (Å²) in [6.07, 6.45) is 1.19. The molecule has 23 heavy (non-hydrogen) atoms. The van der Waals surface area contributed by atoms with Gasteiger partial charge in [0.1, 0.15) is 5.82 Å². The van der Waals surface area contributed by atoms with Crippen molar-refractivity contribution in [1.29, 1.82) is 0 Å². The second-order valence-corrected chi connectivity index (χ2v) is 6.63. The normalized spacial score (nSPS) is 15.7. The highest BCUT2D eigenvalue weighted by atomic mass is 35.5. The van der Waals surface area contributed by atoms with Gasteiger partial charge in [-0.2, -0.15) is 0 Å². The Hall–Kier alpha value is -1.62. The Balaban J connectivity index is 2.06. The number of hydrogen-bond acceptors (Lipinski definition) is 2.